The van der Waals surface area contributed by atoms with E-state index in [2.05, 4.69) is 10.0 Å². The maximum absolute atomic E-state index is 12.5. The van der Waals surface area contributed by atoms with Crippen LogP contribution in [0, 0.1) is 6.92 Å². The fraction of sp³-hybridized carbons (Fsp3) is 0.278. The van der Waals surface area contributed by atoms with E-state index in [9.17, 15) is 13.2 Å². The molecule has 0 bridgehead atoms. The van der Waals surface area contributed by atoms with Crippen molar-refractivity contribution in [3.8, 4) is 5.75 Å². The summed E-state index contributed by atoms with van der Waals surface area (Å²) in [6.07, 6.45) is 0. The van der Waals surface area contributed by atoms with Gasteiger partial charge in [0.25, 0.3) is 0 Å². The minimum Gasteiger partial charge on any atom is -0.496 e. The maximum Gasteiger partial charge on any atom is 0.241 e. The molecule has 1 atom stereocenters. The van der Waals surface area contributed by atoms with E-state index in [0.717, 1.165) is 0 Å². The van der Waals surface area contributed by atoms with E-state index in [1.165, 1.54) is 26.2 Å². The van der Waals surface area contributed by atoms with Gasteiger partial charge < -0.3 is 10.1 Å². The Balaban J connectivity index is 2.03. The van der Waals surface area contributed by atoms with Gasteiger partial charge in [0.05, 0.1) is 18.0 Å². The van der Waals surface area contributed by atoms with Crippen molar-refractivity contribution in [1.82, 2.24) is 10.0 Å². The van der Waals surface area contributed by atoms with Crippen LogP contribution in [0.15, 0.2) is 41.3 Å². The van der Waals surface area contributed by atoms with E-state index in [4.69, 9.17) is 27.9 Å². The second-order valence-electron chi connectivity index (χ2n) is 5.93. The zero-order chi connectivity index (χ0) is 20.2. The van der Waals surface area contributed by atoms with E-state index < -0.39 is 22.0 Å². The number of rotatable bonds is 7. The number of carbonyl (C=O) groups is 1. The predicted octanol–water partition coefficient (Wildman–Crippen LogP) is 3.29. The fourth-order valence-electron chi connectivity index (χ4n) is 2.37. The number of benzene rings is 2. The third-order valence-electron chi connectivity index (χ3n) is 3.87. The van der Waals surface area contributed by atoms with Crippen molar-refractivity contribution < 1.29 is 17.9 Å². The van der Waals surface area contributed by atoms with E-state index in [1.54, 1.807) is 31.2 Å². The molecule has 0 saturated heterocycles. The highest BCUT2D eigenvalue weighted by atomic mass is 35.5. The largest absolute Gasteiger partial charge is 0.496 e. The first-order chi connectivity index (χ1) is 12.6. The van der Waals surface area contributed by atoms with Gasteiger partial charge in [-0.25, -0.2) is 8.42 Å². The molecule has 2 aromatic rings. The van der Waals surface area contributed by atoms with Crippen LogP contribution in [-0.2, 0) is 21.4 Å². The number of halogens is 2. The summed E-state index contributed by atoms with van der Waals surface area (Å²) >= 11 is 11.9. The summed E-state index contributed by atoms with van der Waals surface area (Å²) in [5, 5.41) is 3.56. The predicted molar refractivity (Wildman–Crippen MR) is 106 cm³/mol. The first kappa shape index (κ1) is 21.5. The molecule has 0 radical (unpaired) electrons. The molecule has 2 aromatic carbocycles. The smallest absolute Gasteiger partial charge is 0.241 e. The minimum atomic E-state index is -3.86. The molecule has 9 heteroatoms. The number of hydrogen-bond donors (Lipinski definition) is 2. The van der Waals surface area contributed by atoms with Crippen molar-refractivity contribution >= 4 is 39.1 Å². The van der Waals surface area contributed by atoms with Crippen LogP contribution in [0.1, 0.15) is 18.1 Å². The first-order valence-corrected chi connectivity index (χ1v) is 10.3. The van der Waals surface area contributed by atoms with Gasteiger partial charge in [-0.3, -0.25) is 4.79 Å². The molecule has 0 aliphatic rings. The van der Waals surface area contributed by atoms with Crippen molar-refractivity contribution in [2.45, 2.75) is 31.3 Å². The van der Waals surface area contributed by atoms with Crippen LogP contribution in [0.5, 0.6) is 5.75 Å². The van der Waals surface area contributed by atoms with Crippen LogP contribution in [-0.4, -0.2) is 27.5 Å². The highest BCUT2D eigenvalue weighted by molar-refractivity contribution is 7.89. The Hall–Kier alpha value is -1.80. The molecule has 0 spiro atoms. The molecule has 2 rings (SSSR count). The topological polar surface area (TPSA) is 84.5 Å². The lowest BCUT2D eigenvalue weighted by molar-refractivity contribution is -0.122. The molecular formula is C18H20Cl2N2O4S. The molecule has 0 unspecified atom stereocenters. The SMILES string of the molecule is COc1ccc(S(=O)(=O)N[C@H](C)C(=O)NCc2ccc(Cl)cc2Cl)cc1C. The molecule has 0 aliphatic carbocycles. The third kappa shape index (κ3) is 5.59. The highest BCUT2D eigenvalue weighted by Crippen LogP contribution is 2.22. The molecule has 146 valence electrons. The Kier molecular flexibility index (Phi) is 7.11. The van der Waals surface area contributed by atoms with Gasteiger partial charge in [-0.15, -0.1) is 0 Å². The first-order valence-electron chi connectivity index (χ1n) is 8.02. The number of hydrogen-bond acceptors (Lipinski definition) is 4. The summed E-state index contributed by atoms with van der Waals surface area (Å²) in [6.45, 7) is 3.36. The second-order valence-corrected chi connectivity index (χ2v) is 8.49. The van der Waals surface area contributed by atoms with Crippen LogP contribution in [0.4, 0.5) is 0 Å². The van der Waals surface area contributed by atoms with Crippen LogP contribution >= 0.6 is 23.2 Å². The molecule has 0 aliphatic heterocycles. The molecule has 0 fully saturated rings. The fourth-order valence-corrected chi connectivity index (χ4v) is 4.14. The van der Waals surface area contributed by atoms with Crippen molar-refractivity contribution in [1.29, 1.82) is 0 Å². The van der Waals surface area contributed by atoms with Gasteiger partial charge in [-0.05, 0) is 55.3 Å². The Morgan fingerprint density at radius 1 is 1.19 bits per heavy atom. The Morgan fingerprint density at radius 3 is 2.48 bits per heavy atom. The summed E-state index contributed by atoms with van der Waals surface area (Å²) in [5.41, 5.74) is 1.35. The normalized spacial score (nSPS) is 12.5. The number of methoxy groups -OCH3 is 1. The van der Waals surface area contributed by atoms with Gasteiger partial charge in [-0.2, -0.15) is 4.72 Å². The lowest BCUT2D eigenvalue weighted by atomic mass is 10.2. The Labute approximate surface area is 168 Å². The highest BCUT2D eigenvalue weighted by Gasteiger charge is 2.22. The molecule has 27 heavy (non-hydrogen) atoms. The van der Waals surface area contributed by atoms with Gasteiger partial charge in [0.1, 0.15) is 5.75 Å². The van der Waals surface area contributed by atoms with Crippen molar-refractivity contribution in [2.24, 2.45) is 0 Å². The van der Waals surface area contributed by atoms with E-state index in [-0.39, 0.29) is 11.4 Å². The van der Waals surface area contributed by atoms with Gasteiger partial charge in [0.15, 0.2) is 0 Å². The monoisotopic (exact) mass is 430 g/mol. The number of amides is 1. The van der Waals surface area contributed by atoms with Crippen molar-refractivity contribution in [3.63, 3.8) is 0 Å². The van der Waals surface area contributed by atoms with Crippen LogP contribution in [0.3, 0.4) is 0 Å². The minimum absolute atomic E-state index is 0.0567. The number of aryl methyl sites for hydroxylation is 1. The standard InChI is InChI=1S/C18H20Cl2N2O4S/c1-11-8-15(6-7-17(11)26-3)27(24,25)22-12(2)18(23)21-10-13-4-5-14(19)9-16(13)20/h4-9,12,22H,10H2,1-3H3,(H,21,23)/t12-/m1/s1. The quantitative estimate of drug-likeness (QED) is 0.705. The Morgan fingerprint density at radius 2 is 1.89 bits per heavy atom. The third-order valence-corrected chi connectivity index (χ3v) is 6.00. The molecule has 6 nitrogen and oxygen atoms in total. The molecule has 0 aromatic heterocycles. The average molecular weight is 431 g/mol. The van der Waals surface area contributed by atoms with Crippen LogP contribution in [0.2, 0.25) is 10.0 Å². The number of nitrogens with one attached hydrogen (secondary N) is 2. The molecule has 0 saturated carbocycles. The van der Waals surface area contributed by atoms with Crippen LogP contribution in [0.25, 0.3) is 0 Å². The summed E-state index contributed by atoms with van der Waals surface area (Å²) < 4.78 is 32.5. The summed E-state index contributed by atoms with van der Waals surface area (Å²) in [5.74, 6) is 0.106. The molecule has 2 N–H and O–H groups in total. The van der Waals surface area contributed by atoms with Gasteiger partial charge >= 0.3 is 0 Å². The zero-order valence-corrected chi connectivity index (χ0v) is 17.4. The van der Waals surface area contributed by atoms with E-state index in [1.807, 2.05) is 0 Å². The maximum atomic E-state index is 12.5. The summed E-state index contributed by atoms with van der Waals surface area (Å²) in [4.78, 5) is 12.3. The van der Waals surface area contributed by atoms with E-state index >= 15 is 0 Å². The van der Waals surface area contributed by atoms with Gasteiger partial charge in [0, 0.05) is 16.6 Å². The second kappa shape index (κ2) is 8.93. The number of carbonyl (C=O) groups excluding carboxylic acids is 1. The van der Waals surface area contributed by atoms with Crippen LogP contribution < -0.4 is 14.8 Å². The average Bonchev–Trinajstić information content (AvgIpc) is 2.60. The van der Waals surface area contributed by atoms with Gasteiger partial charge in [0.2, 0.25) is 15.9 Å². The van der Waals surface area contributed by atoms with Gasteiger partial charge in [-0.1, -0.05) is 29.3 Å². The molecule has 0 heterocycles. The van der Waals surface area contributed by atoms with Crippen molar-refractivity contribution in [3.05, 3.63) is 57.6 Å². The molecular weight excluding hydrogens is 411 g/mol. The summed E-state index contributed by atoms with van der Waals surface area (Å²) in [6, 6.07) is 8.43. The Bertz CT molecular complexity index is 948. The number of sulfonamides is 1. The van der Waals surface area contributed by atoms with E-state index in [0.29, 0.717) is 26.9 Å². The lowest BCUT2D eigenvalue weighted by Crippen LogP contribution is -2.44. The number of ether oxygens (including phenoxy) is 1. The molecule has 1 amide bonds. The van der Waals surface area contributed by atoms with Crippen molar-refractivity contribution in [2.75, 3.05) is 7.11 Å². The lowest BCUT2D eigenvalue weighted by Gasteiger charge is -2.15. The zero-order valence-electron chi connectivity index (χ0n) is 15.0. The summed E-state index contributed by atoms with van der Waals surface area (Å²) in [7, 11) is -2.35.